The van der Waals surface area contributed by atoms with Crippen molar-refractivity contribution in [2.24, 2.45) is 0 Å². The normalized spacial score (nSPS) is 13.5. The van der Waals surface area contributed by atoms with Gasteiger partial charge in [0, 0.05) is 22.7 Å². The van der Waals surface area contributed by atoms with E-state index in [2.05, 4.69) is 5.32 Å². The van der Waals surface area contributed by atoms with Crippen LogP contribution in [0.5, 0.6) is 5.75 Å². The molecular formula is C16H15Cl2NO2. The Labute approximate surface area is 133 Å². The van der Waals surface area contributed by atoms with Crippen molar-refractivity contribution in [2.45, 2.75) is 20.1 Å². The van der Waals surface area contributed by atoms with Gasteiger partial charge in [0.25, 0.3) is 0 Å². The van der Waals surface area contributed by atoms with Gasteiger partial charge in [0.05, 0.1) is 17.3 Å². The smallest absolute Gasteiger partial charge is 0.189 e. The van der Waals surface area contributed by atoms with Gasteiger partial charge in [-0.3, -0.25) is 0 Å². The summed E-state index contributed by atoms with van der Waals surface area (Å²) in [6.45, 7) is 3.39. The van der Waals surface area contributed by atoms with Gasteiger partial charge in [-0.1, -0.05) is 29.3 Å². The molecule has 0 amide bonds. The maximum atomic E-state index is 6.23. The summed E-state index contributed by atoms with van der Waals surface area (Å²) in [6, 6.07) is 9.70. The van der Waals surface area contributed by atoms with Crippen LogP contribution in [0.2, 0.25) is 10.0 Å². The number of hydrogen-bond acceptors (Lipinski definition) is 3. The van der Waals surface area contributed by atoms with Crippen molar-refractivity contribution in [3.8, 4) is 5.75 Å². The molecule has 3 nitrogen and oxygen atoms in total. The molecule has 0 atom stereocenters. The van der Waals surface area contributed by atoms with Crippen LogP contribution in [0.4, 0.5) is 5.69 Å². The van der Waals surface area contributed by atoms with E-state index in [-0.39, 0.29) is 6.79 Å². The van der Waals surface area contributed by atoms with Crippen molar-refractivity contribution >= 4 is 28.9 Å². The van der Waals surface area contributed by atoms with Crippen molar-refractivity contribution in [3.05, 3.63) is 57.1 Å². The lowest BCUT2D eigenvalue weighted by molar-refractivity contribution is -0.0169. The van der Waals surface area contributed by atoms with Gasteiger partial charge in [-0.2, -0.15) is 0 Å². The van der Waals surface area contributed by atoms with Crippen LogP contribution in [0, 0.1) is 6.92 Å². The van der Waals surface area contributed by atoms with Gasteiger partial charge in [0.1, 0.15) is 5.75 Å². The highest BCUT2D eigenvalue weighted by Gasteiger charge is 2.16. The molecule has 0 radical (unpaired) electrons. The van der Waals surface area contributed by atoms with E-state index in [0.717, 1.165) is 28.1 Å². The molecule has 1 aliphatic rings. The van der Waals surface area contributed by atoms with Crippen molar-refractivity contribution < 1.29 is 9.47 Å². The van der Waals surface area contributed by atoms with Crippen LogP contribution < -0.4 is 10.1 Å². The summed E-state index contributed by atoms with van der Waals surface area (Å²) in [4.78, 5) is 0. The Morgan fingerprint density at radius 2 is 2.05 bits per heavy atom. The van der Waals surface area contributed by atoms with Crippen molar-refractivity contribution in [2.75, 3.05) is 12.1 Å². The molecule has 21 heavy (non-hydrogen) atoms. The molecule has 1 N–H and O–H groups in total. The molecule has 0 fully saturated rings. The number of ether oxygens (including phenoxy) is 2. The van der Waals surface area contributed by atoms with Gasteiger partial charge in [0.15, 0.2) is 6.79 Å². The minimum atomic E-state index is 0.271. The minimum absolute atomic E-state index is 0.271. The number of fused-ring (bicyclic) bond motifs is 1. The average molecular weight is 324 g/mol. The Morgan fingerprint density at radius 3 is 2.86 bits per heavy atom. The maximum absolute atomic E-state index is 6.23. The maximum Gasteiger partial charge on any atom is 0.189 e. The molecule has 0 saturated carbocycles. The van der Waals surface area contributed by atoms with Crippen molar-refractivity contribution in [3.63, 3.8) is 0 Å². The van der Waals surface area contributed by atoms with Crippen molar-refractivity contribution in [1.29, 1.82) is 0 Å². The Kier molecular flexibility index (Phi) is 4.24. The third-order valence-corrected chi connectivity index (χ3v) is 3.88. The first-order chi connectivity index (χ1) is 10.1. The van der Waals surface area contributed by atoms with E-state index >= 15 is 0 Å². The van der Waals surface area contributed by atoms with Crippen molar-refractivity contribution in [1.82, 2.24) is 0 Å². The molecule has 5 heteroatoms. The molecule has 2 aromatic carbocycles. The quantitative estimate of drug-likeness (QED) is 0.881. The van der Waals surface area contributed by atoms with Gasteiger partial charge in [0.2, 0.25) is 0 Å². The van der Waals surface area contributed by atoms with Crippen LogP contribution >= 0.6 is 23.2 Å². The zero-order valence-electron chi connectivity index (χ0n) is 11.6. The molecule has 0 aliphatic carbocycles. The fourth-order valence-electron chi connectivity index (χ4n) is 2.34. The average Bonchev–Trinajstić information content (AvgIpc) is 2.46. The van der Waals surface area contributed by atoms with Crippen LogP contribution in [0.1, 0.15) is 16.7 Å². The van der Waals surface area contributed by atoms with Gasteiger partial charge in [-0.05, 0) is 36.8 Å². The molecule has 0 saturated heterocycles. The summed E-state index contributed by atoms with van der Waals surface area (Å²) in [5.41, 5.74) is 3.99. The lowest BCUT2D eigenvalue weighted by Gasteiger charge is -2.21. The van der Waals surface area contributed by atoms with Crippen LogP contribution in [-0.2, 0) is 17.9 Å². The number of rotatable bonds is 3. The first-order valence-electron chi connectivity index (χ1n) is 6.65. The number of nitrogens with one attached hydrogen (secondary N) is 1. The fourth-order valence-corrected chi connectivity index (χ4v) is 2.91. The van der Waals surface area contributed by atoms with E-state index in [0.29, 0.717) is 23.2 Å². The summed E-state index contributed by atoms with van der Waals surface area (Å²) in [7, 11) is 0. The molecule has 1 heterocycles. The summed E-state index contributed by atoms with van der Waals surface area (Å²) < 4.78 is 10.9. The second kappa shape index (κ2) is 6.14. The zero-order valence-corrected chi connectivity index (χ0v) is 13.1. The predicted octanol–water partition coefficient (Wildman–Crippen LogP) is 4.78. The van der Waals surface area contributed by atoms with E-state index in [1.54, 1.807) is 0 Å². The summed E-state index contributed by atoms with van der Waals surface area (Å²) in [5, 5.41) is 4.70. The molecule has 2 aromatic rings. The van der Waals surface area contributed by atoms with Crippen LogP contribution in [0.3, 0.4) is 0 Å². The second-order valence-electron chi connectivity index (χ2n) is 5.00. The Morgan fingerprint density at radius 1 is 1.19 bits per heavy atom. The first-order valence-corrected chi connectivity index (χ1v) is 7.41. The molecule has 0 unspecified atom stereocenters. The van der Waals surface area contributed by atoms with Gasteiger partial charge < -0.3 is 14.8 Å². The summed E-state index contributed by atoms with van der Waals surface area (Å²) in [6.07, 6.45) is 0. The zero-order chi connectivity index (χ0) is 14.8. The molecule has 1 aliphatic heterocycles. The summed E-state index contributed by atoms with van der Waals surface area (Å²) in [5.74, 6) is 0.849. The van der Waals surface area contributed by atoms with E-state index in [4.69, 9.17) is 32.7 Å². The molecule has 0 bridgehead atoms. The van der Waals surface area contributed by atoms with E-state index < -0.39 is 0 Å². The molecule has 0 aromatic heterocycles. The standard InChI is InChI=1S/C16H15Cl2NO2/c1-10-2-3-15(14(18)4-10)19-7-11-5-13(17)6-12-8-20-9-21-16(11)12/h2-6,19H,7-9H2,1H3. The third kappa shape index (κ3) is 3.26. The third-order valence-electron chi connectivity index (χ3n) is 3.35. The lowest BCUT2D eigenvalue weighted by Crippen LogP contribution is -2.14. The highest BCUT2D eigenvalue weighted by molar-refractivity contribution is 6.33. The summed E-state index contributed by atoms with van der Waals surface area (Å²) >= 11 is 12.4. The number of benzene rings is 2. The lowest BCUT2D eigenvalue weighted by atomic mass is 10.1. The Bertz CT molecular complexity index is 674. The largest absolute Gasteiger partial charge is 0.467 e. The Hall–Kier alpha value is -1.42. The monoisotopic (exact) mass is 323 g/mol. The minimum Gasteiger partial charge on any atom is -0.467 e. The molecule has 3 rings (SSSR count). The highest BCUT2D eigenvalue weighted by atomic mass is 35.5. The molecule has 0 spiro atoms. The number of halogens is 2. The van der Waals surface area contributed by atoms with E-state index in [9.17, 15) is 0 Å². The van der Waals surface area contributed by atoms with Crippen LogP contribution in [0.25, 0.3) is 0 Å². The van der Waals surface area contributed by atoms with Gasteiger partial charge >= 0.3 is 0 Å². The molecule has 110 valence electrons. The predicted molar refractivity (Wildman–Crippen MR) is 85.3 cm³/mol. The Balaban J connectivity index is 1.83. The number of aryl methyl sites for hydroxylation is 1. The highest BCUT2D eigenvalue weighted by Crippen LogP contribution is 2.32. The van der Waals surface area contributed by atoms with Crippen LogP contribution in [0.15, 0.2) is 30.3 Å². The fraction of sp³-hybridized carbons (Fsp3) is 0.250. The first kappa shape index (κ1) is 14.5. The van der Waals surface area contributed by atoms with Gasteiger partial charge in [-0.25, -0.2) is 0 Å². The molecular weight excluding hydrogens is 309 g/mol. The number of hydrogen-bond donors (Lipinski definition) is 1. The number of anilines is 1. The SMILES string of the molecule is Cc1ccc(NCc2cc(Cl)cc3c2OCOC3)c(Cl)c1. The van der Waals surface area contributed by atoms with E-state index in [1.807, 2.05) is 37.3 Å². The topological polar surface area (TPSA) is 30.5 Å². The van der Waals surface area contributed by atoms with Crippen LogP contribution in [-0.4, -0.2) is 6.79 Å². The van der Waals surface area contributed by atoms with Gasteiger partial charge in [-0.15, -0.1) is 0 Å². The second-order valence-corrected chi connectivity index (χ2v) is 5.84. The van der Waals surface area contributed by atoms with E-state index in [1.165, 1.54) is 0 Å².